The molecule has 11 heteroatoms. The first-order valence-electron chi connectivity index (χ1n) is 11.6. The van der Waals surface area contributed by atoms with Gasteiger partial charge in [-0.1, -0.05) is 25.1 Å². The Hall–Kier alpha value is -3.54. The number of aromatic nitrogens is 4. The molecule has 2 aromatic heterocycles. The second-order valence-electron chi connectivity index (χ2n) is 8.89. The van der Waals surface area contributed by atoms with Crippen molar-refractivity contribution >= 4 is 26.5 Å². The molecule has 0 aliphatic carbocycles. The fourth-order valence-electron chi connectivity index (χ4n) is 4.55. The molecule has 4 aromatic rings. The van der Waals surface area contributed by atoms with E-state index >= 15 is 4.39 Å². The van der Waals surface area contributed by atoms with Crippen LogP contribution in [-0.4, -0.2) is 71.0 Å². The van der Waals surface area contributed by atoms with Gasteiger partial charge < -0.3 is 10.1 Å². The SMILES string of the molecule is CCc1cc(O)ccc1-c1ccc2c(-c3ncc(C4=CCN(CCNS(C)(=O)=O)C4)[nH]3)[nH]nc2c1F. The van der Waals surface area contributed by atoms with Crippen LogP contribution in [0, 0.1) is 5.82 Å². The molecule has 0 bridgehead atoms. The van der Waals surface area contributed by atoms with E-state index in [1.54, 1.807) is 30.5 Å². The highest BCUT2D eigenvalue weighted by atomic mass is 32.2. The van der Waals surface area contributed by atoms with Crippen molar-refractivity contribution in [3.05, 3.63) is 59.7 Å². The third-order valence-corrected chi connectivity index (χ3v) is 7.09. The minimum atomic E-state index is -3.20. The Kier molecular flexibility index (Phi) is 6.37. The first-order valence-corrected chi connectivity index (χ1v) is 13.5. The molecule has 1 aliphatic rings. The van der Waals surface area contributed by atoms with Gasteiger partial charge in [0, 0.05) is 37.1 Å². The predicted molar refractivity (Wildman–Crippen MR) is 137 cm³/mol. The summed E-state index contributed by atoms with van der Waals surface area (Å²) in [5.41, 5.74) is 4.73. The normalized spacial score (nSPS) is 14.6. The van der Waals surface area contributed by atoms with Crippen molar-refractivity contribution in [3.8, 4) is 28.4 Å². The number of rotatable bonds is 8. The second-order valence-corrected chi connectivity index (χ2v) is 10.7. The van der Waals surface area contributed by atoms with E-state index < -0.39 is 15.8 Å². The number of phenolic OH excluding ortho intramolecular Hbond substituents is 1. The number of aromatic amines is 2. The van der Waals surface area contributed by atoms with Crippen LogP contribution in [0.4, 0.5) is 4.39 Å². The van der Waals surface area contributed by atoms with E-state index in [1.165, 1.54) is 0 Å². The lowest BCUT2D eigenvalue weighted by atomic mass is 9.96. The van der Waals surface area contributed by atoms with Crippen LogP contribution in [0.25, 0.3) is 39.1 Å². The molecule has 5 rings (SSSR count). The van der Waals surface area contributed by atoms with E-state index in [9.17, 15) is 13.5 Å². The van der Waals surface area contributed by atoms with E-state index in [4.69, 9.17) is 0 Å². The third-order valence-electron chi connectivity index (χ3n) is 6.37. The average molecular weight is 511 g/mol. The molecule has 36 heavy (non-hydrogen) atoms. The van der Waals surface area contributed by atoms with Crippen LogP contribution in [0.2, 0.25) is 0 Å². The summed E-state index contributed by atoms with van der Waals surface area (Å²) in [6.45, 7) is 4.29. The van der Waals surface area contributed by atoms with Crippen molar-refractivity contribution in [1.29, 1.82) is 0 Å². The summed E-state index contributed by atoms with van der Waals surface area (Å²) in [7, 11) is -3.20. The molecule has 4 N–H and O–H groups in total. The molecule has 0 amide bonds. The molecule has 9 nitrogen and oxygen atoms in total. The van der Waals surface area contributed by atoms with Gasteiger partial charge in [-0.2, -0.15) is 5.10 Å². The molecule has 0 fully saturated rings. The first-order chi connectivity index (χ1) is 17.2. The van der Waals surface area contributed by atoms with E-state index in [1.807, 2.05) is 13.0 Å². The number of sulfonamides is 1. The molecule has 3 heterocycles. The number of fused-ring (bicyclic) bond motifs is 1. The van der Waals surface area contributed by atoms with Crippen LogP contribution in [0.3, 0.4) is 0 Å². The number of H-pyrrole nitrogens is 2. The molecular weight excluding hydrogens is 483 g/mol. The van der Waals surface area contributed by atoms with Gasteiger partial charge >= 0.3 is 0 Å². The number of aryl methyl sites for hydroxylation is 1. The number of nitrogens with one attached hydrogen (secondary N) is 3. The quantitative estimate of drug-likeness (QED) is 0.288. The van der Waals surface area contributed by atoms with Crippen molar-refractivity contribution in [2.45, 2.75) is 13.3 Å². The number of halogens is 1. The number of hydrogen-bond acceptors (Lipinski definition) is 6. The molecule has 0 atom stereocenters. The fraction of sp³-hybridized carbons (Fsp3) is 0.280. The Bertz CT molecular complexity index is 1570. The molecular formula is C25H27FN6O3S. The third kappa shape index (κ3) is 4.77. The maximum Gasteiger partial charge on any atom is 0.208 e. The van der Waals surface area contributed by atoms with Gasteiger partial charge in [-0.05, 0) is 41.3 Å². The fourth-order valence-corrected chi connectivity index (χ4v) is 5.01. The van der Waals surface area contributed by atoms with Crippen LogP contribution >= 0.6 is 0 Å². The second kappa shape index (κ2) is 9.49. The maximum atomic E-state index is 15.5. The predicted octanol–water partition coefficient (Wildman–Crippen LogP) is 3.28. The molecule has 0 saturated carbocycles. The van der Waals surface area contributed by atoms with Crippen LogP contribution in [0.1, 0.15) is 18.2 Å². The molecule has 1 aliphatic heterocycles. The highest BCUT2D eigenvalue weighted by molar-refractivity contribution is 7.88. The number of nitrogens with zero attached hydrogens (tertiary/aromatic N) is 3. The van der Waals surface area contributed by atoms with E-state index in [2.05, 4.69) is 35.9 Å². The molecule has 0 unspecified atom stereocenters. The number of aromatic hydroxyl groups is 1. The van der Waals surface area contributed by atoms with Gasteiger partial charge in [0.1, 0.15) is 17.0 Å². The first kappa shape index (κ1) is 24.2. The zero-order chi connectivity index (χ0) is 25.4. The summed E-state index contributed by atoms with van der Waals surface area (Å²) in [5.74, 6) is 0.273. The van der Waals surface area contributed by atoms with Crippen molar-refractivity contribution in [1.82, 2.24) is 29.8 Å². The lowest BCUT2D eigenvalue weighted by molar-refractivity contribution is 0.360. The van der Waals surface area contributed by atoms with Gasteiger partial charge in [0.15, 0.2) is 11.6 Å². The smallest absolute Gasteiger partial charge is 0.208 e. The lowest BCUT2D eigenvalue weighted by Gasteiger charge is -2.15. The van der Waals surface area contributed by atoms with E-state index in [0.717, 1.165) is 28.6 Å². The Morgan fingerprint density at radius 1 is 1.22 bits per heavy atom. The number of phenols is 1. The summed E-state index contributed by atoms with van der Waals surface area (Å²) in [4.78, 5) is 9.92. The van der Waals surface area contributed by atoms with Gasteiger partial charge in [0.25, 0.3) is 0 Å². The zero-order valence-corrected chi connectivity index (χ0v) is 20.8. The van der Waals surface area contributed by atoms with Crippen molar-refractivity contribution in [3.63, 3.8) is 0 Å². The van der Waals surface area contributed by atoms with Crippen molar-refractivity contribution in [2.75, 3.05) is 32.4 Å². The standard InChI is InChI=1S/C25H27FN6O3S/c1-3-15-12-17(33)4-5-18(15)19-6-7-20-23(22(19)26)30-31-24(20)25-27-13-21(29-25)16-8-10-32(14-16)11-9-28-36(2,34)35/h4-8,12-13,28,33H,3,9-11,14H2,1-2H3,(H,27,29)(H,30,31). The van der Waals surface area contributed by atoms with E-state index in [-0.39, 0.29) is 11.3 Å². The Balaban J connectivity index is 1.37. The Morgan fingerprint density at radius 2 is 2.03 bits per heavy atom. The number of hydrogen-bond donors (Lipinski definition) is 4. The highest BCUT2D eigenvalue weighted by Gasteiger charge is 2.21. The topological polar surface area (TPSA) is 127 Å². The summed E-state index contributed by atoms with van der Waals surface area (Å²) in [6.07, 6.45) is 5.62. The van der Waals surface area contributed by atoms with Gasteiger partial charge in [-0.25, -0.2) is 22.5 Å². The summed E-state index contributed by atoms with van der Waals surface area (Å²) in [5, 5.41) is 17.6. The Labute approximate surface area is 208 Å². The van der Waals surface area contributed by atoms with Crippen LogP contribution in [0.15, 0.2) is 42.6 Å². The van der Waals surface area contributed by atoms with Gasteiger partial charge in [-0.15, -0.1) is 0 Å². The van der Waals surface area contributed by atoms with Crippen LogP contribution < -0.4 is 4.72 Å². The monoisotopic (exact) mass is 510 g/mol. The molecule has 0 saturated heterocycles. The molecule has 2 aromatic carbocycles. The van der Waals surface area contributed by atoms with Crippen LogP contribution in [-0.2, 0) is 16.4 Å². The van der Waals surface area contributed by atoms with Gasteiger partial charge in [-0.3, -0.25) is 10.00 Å². The maximum absolute atomic E-state index is 15.5. The average Bonchev–Trinajstić information content (AvgIpc) is 3.58. The summed E-state index contributed by atoms with van der Waals surface area (Å²) < 4.78 is 40.6. The van der Waals surface area contributed by atoms with Gasteiger partial charge in [0.2, 0.25) is 10.0 Å². The lowest BCUT2D eigenvalue weighted by Crippen LogP contribution is -2.33. The van der Waals surface area contributed by atoms with Gasteiger partial charge in [0.05, 0.1) is 18.1 Å². The summed E-state index contributed by atoms with van der Waals surface area (Å²) in [6, 6.07) is 8.49. The van der Waals surface area contributed by atoms with Crippen molar-refractivity contribution < 1.29 is 17.9 Å². The minimum Gasteiger partial charge on any atom is -0.508 e. The number of benzene rings is 2. The molecule has 0 spiro atoms. The zero-order valence-electron chi connectivity index (χ0n) is 20.0. The minimum absolute atomic E-state index is 0.152. The summed E-state index contributed by atoms with van der Waals surface area (Å²) >= 11 is 0. The Morgan fingerprint density at radius 3 is 2.81 bits per heavy atom. The largest absolute Gasteiger partial charge is 0.508 e. The highest BCUT2D eigenvalue weighted by Crippen LogP contribution is 2.35. The number of imidazole rings is 1. The molecule has 0 radical (unpaired) electrons. The van der Waals surface area contributed by atoms with Crippen molar-refractivity contribution in [2.24, 2.45) is 0 Å². The molecule has 188 valence electrons. The van der Waals surface area contributed by atoms with Crippen LogP contribution in [0.5, 0.6) is 5.75 Å². The van der Waals surface area contributed by atoms with E-state index in [0.29, 0.717) is 55.1 Å².